The SMILES string of the molecule is O=C(NCC1CCCCC1)c1cccc(-n2cnnn2)c1. The van der Waals surface area contributed by atoms with Gasteiger partial charge in [0.25, 0.3) is 5.91 Å². The van der Waals surface area contributed by atoms with Gasteiger partial charge in [-0.15, -0.1) is 5.10 Å². The van der Waals surface area contributed by atoms with Crippen molar-refractivity contribution in [1.29, 1.82) is 0 Å². The lowest BCUT2D eigenvalue weighted by Gasteiger charge is -2.21. The predicted octanol–water partition coefficient (Wildman–Crippen LogP) is 1.97. The van der Waals surface area contributed by atoms with Crippen molar-refractivity contribution in [2.24, 2.45) is 5.92 Å². The zero-order valence-electron chi connectivity index (χ0n) is 11.9. The molecule has 0 atom stereocenters. The second kappa shape index (κ2) is 6.47. The Kier molecular flexibility index (Phi) is 4.23. The fourth-order valence-electron chi connectivity index (χ4n) is 2.80. The van der Waals surface area contributed by atoms with Gasteiger partial charge >= 0.3 is 0 Å². The van der Waals surface area contributed by atoms with E-state index in [4.69, 9.17) is 0 Å². The lowest BCUT2D eigenvalue weighted by Crippen LogP contribution is -2.30. The lowest BCUT2D eigenvalue weighted by molar-refractivity contribution is 0.0943. The molecule has 0 spiro atoms. The van der Waals surface area contributed by atoms with Crippen LogP contribution < -0.4 is 5.32 Å². The molecule has 0 radical (unpaired) electrons. The van der Waals surface area contributed by atoms with Gasteiger partial charge in [-0.3, -0.25) is 4.79 Å². The number of nitrogens with zero attached hydrogens (tertiary/aromatic N) is 4. The summed E-state index contributed by atoms with van der Waals surface area (Å²) in [4.78, 5) is 12.2. The Morgan fingerprint density at radius 2 is 2.14 bits per heavy atom. The molecule has 1 saturated carbocycles. The van der Waals surface area contributed by atoms with Crippen LogP contribution in [0.4, 0.5) is 0 Å². The quantitative estimate of drug-likeness (QED) is 0.932. The standard InChI is InChI=1S/C15H19N5O/c21-15(16-10-12-5-2-1-3-6-12)13-7-4-8-14(9-13)20-11-17-18-19-20/h4,7-9,11-12H,1-3,5-6,10H2,(H,16,21). The molecular weight excluding hydrogens is 266 g/mol. The largest absolute Gasteiger partial charge is 0.352 e. The molecule has 1 N–H and O–H groups in total. The summed E-state index contributed by atoms with van der Waals surface area (Å²) in [5, 5.41) is 14.1. The van der Waals surface area contributed by atoms with Crippen LogP contribution in [0.15, 0.2) is 30.6 Å². The highest BCUT2D eigenvalue weighted by atomic mass is 16.1. The summed E-state index contributed by atoms with van der Waals surface area (Å²) in [5.74, 6) is 0.598. The van der Waals surface area contributed by atoms with E-state index in [1.807, 2.05) is 18.2 Å². The Bertz CT molecular complexity index is 590. The molecule has 1 aliphatic rings. The van der Waals surface area contributed by atoms with Crippen molar-refractivity contribution in [2.75, 3.05) is 6.54 Å². The average molecular weight is 285 g/mol. The highest BCUT2D eigenvalue weighted by Crippen LogP contribution is 2.22. The number of amides is 1. The molecule has 1 aliphatic carbocycles. The summed E-state index contributed by atoms with van der Waals surface area (Å²) >= 11 is 0. The van der Waals surface area contributed by atoms with Crippen LogP contribution in [0.5, 0.6) is 0 Å². The molecule has 3 rings (SSSR count). The fourth-order valence-corrected chi connectivity index (χ4v) is 2.80. The molecule has 6 heteroatoms. The first-order valence-corrected chi connectivity index (χ1v) is 7.44. The number of hydrogen-bond acceptors (Lipinski definition) is 4. The van der Waals surface area contributed by atoms with Gasteiger partial charge in [-0.25, -0.2) is 4.68 Å². The number of rotatable bonds is 4. The lowest BCUT2D eigenvalue weighted by atomic mass is 9.89. The van der Waals surface area contributed by atoms with Crippen molar-refractivity contribution in [3.05, 3.63) is 36.2 Å². The highest BCUT2D eigenvalue weighted by molar-refractivity contribution is 5.94. The molecule has 2 aromatic rings. The Labute approximate surface area is 123 Å². The van der Waals surface area contributed by atoms with Gasteiger partial charge in [0.15, 0.2) is 0 Å². The van der Waals surface area contributed by atoms with E-state index >= 15 is 0 Å². The molecule has 110 valence electrons. The molecule has 0 unspecified atom stereocenters. The van der Waals surface area contributed by atoms with E-state index < -0.39 is 0 Å². The van der Waals surface area contributed by atoms with Crippen LogP contribution in [0.2, 0.25) is 0 Å². The van der Waals surface area contributed by atoms with Crippen LogP contribution >= 0.6 is 0 Å². The van der Waals surface area contributed by atoms with E-state index in [1.54, 1.807) is 6.07 Å². The molecule has 0 bridgehead atoms. The van der Waals surface area contributed by atoms with Gasteiger partial charge in [-0.1, -0.05) is 25.3 Å². The molecule has 21 heavy (non-hydrogen) atoms. The first kappa shape index (κ1) is 13.7. The minimum atomic E-state index is -0.0319. The van der Waals surface area contributed by atoms with Gasteiger partial charge in [0.2, 0.25) is 0 Å². The van der Waals surface area contributed by atoms with Gasteiger partial charge in [0, 0.05) is 12.1 Å². The Balaban J connectivity index is 1.63. The number of tetrazole rings is 1. The van der Waals surface area contributed by atoms with E-state index in [9.17, 15) is 4.79 Å². The maximum Gasteiger partial charge on any atom is 0.251 e. The van der Waals surface area contributed by atoms with Crippen LogP contribution in [0.3, 0.4) is 0 Å². The topological polar surface area (TPSA) is 72.7 Å². The molecule has 0 aliphatic heterocycles. The number of hydrogen-bond donors (Lipinski definition) is 1. The summed E-state index contributed by atoms with van der Waals surface area (Å²) in [6.07, 6.45) is 7.87. The second-order valence-corrected chi connectivity index (χ2v) is 5.52. The highest BCUT2D eigenvalue weighted by Gasteiger charge is 2.15. The van der Waals surface area contributed by atoms with Crippen molar-refractivity contribution in [3.8, 4) is 5.69 Å². The maximum atomic E-state index is 12.2. The number of benzene rings is 1. The van der Waals surface area contributed by atoms with Crippen molar-refractivity contribution in [3.63, 3.8) is 0 Å². The summed E-state index contributed by atoms with van der Waals surface area (Å²) in [6.45, 7) is 0.772. The summed E-state index contributed by atoms with van der Waals surface area (Å²) < 4.78 is 1.54. The van der Waals surface area contributed by atoms with Crippen molar-refractivity contribution >= 4 is 5.91 Å². The summed E-state index contributed by atoms with van der Waals surface area (Å²) in [6, 6.07) is 7.32. The first-order chi connectivity index (χ1) is 10.3. The monoisotopic (exact) mass is 285 g/mol. The molecule has 1 aromatic heterocycles. The third-order valence-electron chi connectivity index (χ3n) is 4.00. The molecule has 1 fully saturated rings. The molecule has 1 aromatic carbocycles. The number of carbonyl (C=O) groups excluding carboxylic acids is 1. The van der Waals surface area contributed by atoms with Crippen LogP contribution in [0, 0.1) is 5.92 Å². The van der Waals surface area contributed by atoms with E-state index in [1.165, 1.54) is 43.1 Å². The molecular formula is C15H19N5O. The predicted molar refractivity (Wildman–Crippen MR) is 78.1 cm³/mol. The van der Waals surface area contributed by atoms with Crippen LogP contribution in [0.1, 0.15) is 42.5 Å². The molecule has 6 nitrogen and oxygen atoms in total. The third-order valence-corrected chi connectivity index (χ3v) is 4.00. The minimum Gasteiger partial charge on any atom is -0.352 e. The van der Waals surface area contributed by atoms with E-state index in [0.717, 1.165) is 12.2 Å². The van der Waals surface area contributed by atoms with Gasteiger partial charge < -0.3 is 5.32 Å². The molecule has 1 amide bonds. The number of carbonyl (C=O) groups is 1. The zero-order chi connectivity index (χ0) is 14.5. The minimum absolute atomic E-state index is 0.0319. The average Bonchev–Trinajstić information content (AvgIpc) is 3.08. The second-order valence-electron chi connectivity index (χ2n) is 5.52. The Morgan fingerprint density at radius 1 is 1.29 bits per heavy atom. The zero-order valence-corrected chi connectivity index (χ0v) is 11.9. The molecule has 0 saturated heterocycles. The van der Waals surface area contributed by atoms with E-state index in [0.29, 0.717) is 11.5 Å². The summed E-state index contributed by atoms with van der Waals surface area (Å²) in [5.41, 5.74) is 1.42. The number of aromatic nitrogens is 4. The van der Waals surface area contributed by atoms with Gasteiger partial charge in [-0.05, 0) is 47.4 Å². The van der Waals surface area contributed by atoms with Crippen molar-refractivity contribution in [1.82, 2.24) is 25.5 Å². The van der Waals surface area contributed by atoms with E-state index in [-0.39, 0.29) is 5.91 Å². The summed E-state index contributed by atoms with van der Waals surface area (Å²) in [7, 11) is 0. The van der Waals surface area contributed by atoms with Gasteiger partial charge in [0.05, 0.1) is 5.69 Å². The normalized spacial score (nSPS) is 15.8. The van der Waals surface area contributed by atoms with E-state index in [2.05, 4.69) is 20.8 Å². The van der Waals surface area contributed by atoms with Gasteiger partial charge in [-0.2, -0.15) is 0 Å². The van der Waals surface area contributed by atoms with Gasteiger partial charge in [0.1, 0.15) is 6.33 Å². The third kappa shape index (κ3) is 3.45. The fraction of sp³-hybridized carbons (Fsp3) is 0.467. The van der Waals surface area contributed by atoms with Crippen molar-refractivity contribution < 1.29 is 4.79 Å². The van der Waals surface area contributed by atoms with Crippen LogP contribution in [-0.4, -0.2) is 32.7 Å². The Morgan fingerprint density at radius 3 is 2.90 bits per heavy atom. The number of nitrogens with one attached hydrogen (secondary N) is 1. The molecule has 1 heterocycles. The smallest absolute Gasteiger partial charge is 0.251 e. The first-order valence-electron chi connectivity index (χ1n) is 7.44. The van der Waals surface area contributed by atoms with Crippen LogP contribution in [0.25, 0.3) is 5.69 Å². The maximum absolute atomic E-state index is 12.2. The van der Waals surface area contributed by atoms with Crippen molar-refractivity contribution in [2.45, 2.75) is 32.1 Å². The van der Waals surface area contributed by atoms with Crippen LogP contribution in [-0.2, 0) is 0 Å². The Hall–Kier alpha value is -2.24.